The maximum absolute atomic E-state index is 13.5. The molecular weight excluding hydrogens is 620 g/mol. The molecule has 15 atom stereocenters. The lowest BCUT2D eigenvalue weighted by Gasteiger charge is -2.75. The molecule has 11 heteroatoms. The Morgan fingerprint density at radius 3 is 2.08 bits per heavy atom. The molecule has 0 aromatic rings. The number of carbonyl (C=O) groups is 2. The van der Waals surface area contributed by atoms with Crippen LogP contribution in [0.4, 0.5) is 0 Å². The van der Waals surface area contributed by atoms with E-state index < -0.39 is 89.0 Å². The molecule has 0 radical (unpaired) electrons. The summed E-state index contributed by atoms with van der Waals surface area (Å²) in [5.41, 5.74) is -2.92. The van der Waals surface area contributed by atoms with Gasteiger partial charge in [0.25, 0.3) is 0 Å². The molecule has 0 spiro atoms. The molecule has 0 bridgehead atoms. The van der Waals surface area contributed by atoms with Crippen LogP contribution in [0.5, 0.6) is 0 Å². The average molecular weight is 679 g/mol. The molecule has 0 aromatic carbocycles. The van der Waals surface area contributed by atoms with Gasteiger partial charge in [-0.15, -0.1) is 0 Å². The van der Waals surface area contributed by atoms with E-state index in [1.54, 1.807) is 6.92 Å². The van der Waals surface area contributed by atoms with Gasteiger partial charge >= 0.3 is 11.9 Å². The first-order valence-corrected chi connectivity index (χ1v) is 17.9. The van der Waals surface area contributed by atoms with Gasteiger partial charge in [0, 0.05) is 0 Å². The lowest BCUT2D eigenvalue weighted by atomic mass is 9.28. The highest BCUT2D eigenvalue weighted by Gasteiger charge is 2.76. The van der Waals surface area contributed by atoms with E-state index in [4.69, 9.17) is 9.47 Å². The molecule has 4 saturated carbocycles. The molecule has 0 amide bonds. The second kappa shape index (κ2) is 11.2. The number of hydrogen-bond donors (Lipinski definition) is 7. The van der Waals surface area contributed by atoms with Crippen LogP contribution in [0, 0.1) is 49.7 Å². The van der Waals surface area contributed by atoms with Crippen molar-refractivity contribution >= 4 is 11.9 Å². The van der Waals surface area contributed by atoms with Gasteiger partial charge in [-0.3, -0.25) is 9.59 Å². The van der Waals surface area contributed by atoms with Crippen LogP contribution in [-0.2, 0) is 19.1 Å². The molecule has 1 aliphatic heterocycles. The molecule has 5 fully saturated rings. The molecule has 1 heterocycles. The molecule has 48 heavy (non-hydrogen) atoms. The van der Waals surface area contributed by atoms with Crippen molar-refractivity contribution in [2.24, 2.45) is 49.7 Å². The van der Waals surface area contributed by atoms with Gasteiger partial charge in [0.1, 0.15) is 30.5 Å². The van der Waals surface area contributed by atoms with Crippen LogP contribution >= 0.6 is 0 Å². The summed E-state index contributed by atoms with van der Waals surface area (Å²) in [6.45, 7) is 14.4. The van der Waals surface area contributed by atoms with Crippen LogP contribution in [-0.4, -0.2) is 97.2 Å². The van der Waals surface area contributed by atoms with Crippen LogP contribution in [0.25, 0.3) is 0 Å². The largest absolute Gasteiger partial charge is 0.481 e. The monoisotopic (exact) mass is 678 g/mol. The van der Waals surface area contributed by atoms with Crippen LogP contribution in [0.2, 0.25) is 0 Å². The summed E-state index contributed by atoms with van der Waals surface area (Å²) in [6.07, 6.45) is -2.33. The summed E-state index contributed by atoms with van der Waals surface area (Å²) in [7, 11) is 0. The van der Waals surface area contributed by atoms with Crippen LogP contribution in [0.1, 0.15) is 106 Å². The normalized spacial score (nSPS) is 54.5. The summed E-state index contributed by atoms with van der Waals surface area (Å²) in [6, 6.07) is 0. The number of hydrogen-bond acceptors (Lipinski definition) is 9. The summed E-state index contributed by atoms with van der Waals surface area (Å²) in [5, 5.41) is 74.7. The second-order valence-electron chi connectivity index (χ2n) is 18.4. The fourth-order valence-electron chi connectivity index (χ4n) is 12.6. The Labute approximate surface area is 283 Å². The van der Waals surface area contributed by atoms with Gasteiger partial charge in [-0.2, -0.15) is 0 Å². The Morgan fingerprint density at radius 2 is 1.48 bits per heavy atom. The van der Waals surface area contributed by atoms with Crippen molar-refractivity contribution in [3.8, 4) is 0 Å². The Balaban J connectivity index is 1.40. The number of aliphatic hydroxyl groups excluding tert-OH is 5. The van der Waals surface area contributed by atoms with Gasteiger partial charge in [-0.1, -0.05) is 53.2 Å². The van der Waals surface area contributed by atoms with E-state index in [9.17, 15) is 45.3 Å². The van der Waals surface area contributed by atoms with Crippen molar-refractivity contribution in [1.82, 2.24) is 0 Å². The van der Waals surface area contributed by atoms with Gasteiger partial charge in [-0.05, 0) is 104 Å². The van der Waals surface area contributed by atoms with E-state index in [1.165, 1.54) is 5.57 Å². The SMILES string of the molecule is CC1(C)CCC2(C(=O)O)CCC3(C)C(=CCC4(C)C5(C)CC(O)C(OC6OC(CO)C(O)C(O)C6O)C(C)(C(=O)O)C5CCC34C)C2C1. The van der Waals surface area contributed by atoms with Gasteiger partial charge in [-0.25, -0.2) is 0 Å². The first kappa shape index (κ1) is 36.2. The van der Waals surface area contributed by atoms with E-state index in [0.717, 1.165) is 19.3 Å². The Bertz CT molecular complexity index is 1360. The smallest absolute Gasteiger partial charge is 0.312 e. The van der Waals surface area contributed by atoms with E-state index in [2.05, 4.69) is 47.6 Å². The van der Waals surface area contributed by atoms with Crippen molar-refractivity contribution in [2.45, 2.75) is 149 Å². The average Bonchev–Trinajstić information content (AvgIpc) is 3.00. The molecule has 5 aliphatic carbocycles. The molecule has 7 N–H and O–H groups in total. The van der Waals surface area contributed by atoms with Gasteiger partial charge < -0.3 is 45.2 Å². The predicted octanol–water partition coefficient (Wildman–Crippen LogP) is 3.48. The number of ether oxygens (including phenoxy) is 2. The minimum absolute atomic E-state index is 0.0285. The lowest BCUT2D eigenvalue weighted by Crippen LogP contribution is -2.73. The van der Waals surface area contributed by atoms with Gasteiger partial charge in [0.2, 0.25) is 0 Å². The quantitative estimate of drug-likeness (QED) is 0.166. The summed E-state index contributed by atoms with van der Waals surface area (Å²) >= 11 is 0. The highest BCUT2D eigenvalue weighted by Crippen LogP contribution is 2.80. The molecule has 0 aromatic heterocycles. The van der Waals surface area contributed by atoms with Crippen molar-refractivity contribution in [3.05, 3.63) is 11.6 Å². The number of carboxylic acid groups (broad SMARTS) is 2. The zero-order valence-electron chi connectivity index (χ0n) is 29.6. The van der Waals surface area contributed by atoms with E-state index >= 15 is 0 Å². The molecule has 6 rings (SSSR count). The number of carboxylic acids is 2. The van der Waals surface area contributed by atoms with Crippen molar-refractivity contribution in [1.29, 1.82) is 0 Å². The standard InChI is InChI=1S/C37H58O11/c1-31(2)12-14-37(30(45)46)15-13-32(3)19(20(37)16-31)8-10-35(6)33(4)17-21(39)27(36(7,29(43)44)23(33)9-11-34(32,35)5)48-28-26(42)25(41)24(40)22(18-38)47-28/h8,20-28,38-42H,9-18H2,1-7H3,(H,43,44)(H,45,46). The summed E-state index contributed by atoms with van der Waals surface area (Å²) < 4.78 is 11.7. The van der Waals surface area contributed by atoms with Crippen molar-refractivity contribution < 1.29 is 54.8 Å². The molecular formula is C37H58O11. The molecule has 272 valence electrons. The Hall–Kier alpha value is -1.60. The Morgan fingerprint density at radius 1 is 0.833 bits per heavy atom. The molecule has 11 nitrogen and oxygen atoms in total. The number of fused-ring (bicyclic) bond motifs is 7. The van der Waals surface area contributed by atoms with Crippen LogP contribution in [0.3, 0.4) is 0 Å². The first-order valence-electron chi connectivity index (χ1n) is 17.9. The van der Waals surface area contributed by atoms with E-state index in [0.29, 0.717) is 32.1 Å². The minimum Gasteiger partial charge on any atom is -0.481 e. The lowest BCUT2D eigenvalue weighted by molar-refractivity contribution is -0.345. The highest BCUT2D eigenvalue weighted by atomic mass is 16.7. The third-order valence-electron chi connectivity index (χ3n) is 16.2. The van der Waals surface area contributed by atoms with Gasteiger partial charge in [0.05, 0.1) is 23.5 Å². The molecule has 15 unspecified atom stereocenters. The van der Waals surface area contributed by atoms with Crippen LogP contribution < -0.4 is 0 Å². The Kier molecular flexibility index (Phi) is 8.45. The number of rotatable bonds is 5. The van der Waals surface area contributed by atoms with E-state index in [1.807, 2.05) is 0 Å². The predicted molar refractivity (Wildman–Crippen MR) is 173 cm³/mol. The molecule has 1 saturated heterocycles. The number of allylic oxidation sites excluding steroid dienone is 2. The minimum atomic E-state index is -1.73. The maximum atomic E-state index is 13.5. The van der Waals surface area contributed by atoms with Gasteiger partial charge in [0.15, 0.2) is 6.29 Å². The topological polar surface area (TPSA) is 194 Å². The third-order valence-corrected chi connectivity index (χ3v) is 16.2. The zero-order chi connectivity index (χ0) is 35.6. The number of aliphatic hydroxyl groups is 5. The highest BCUT2D eigenvalue weighted by molar-refractivity contribution is 5.77. The fourth-order valence-corrected chi connectivity index (χ4v) is 12.6. The maximum Gasteiger partial charge on any atom is 0.312 e. The first-order chi connectivity index (χ1) is 22.1. The van der Waals surface area contributed by atoms with Crippen molar-refractivity contribution in [2.75, 3.05) is 6.61 Å². The van der Waals surface area contributed by atoms with E-state index in [-0.39, 0.29) is 28.6 Å². The van der Waals surface area contributed by atoms with Crippen molar-refractivity contribution in [3.63, 3.8) is 0 Å². The third kappa shape index (κ3) is 4.43. The summed E-state index contributed by atoms with van der Waals surface area (Å²) in [4.78, 5) is 26.5. The second-order valence-corrected chi connectivity index (χ2v) is 18.4. The zero-order valence-corrected chi connectivity index (χ0v) is 29.6. The fraction of sp³-hybridized carbons (Fsp3) is 0.892. The molecule has 6 aliphatic rings. The summed E-state index contributed by atoms with van der Waals surface area (Å²) in [5.74, 6) is -2.36. The van der Waals surface area contributed by atoms with Crippen LogP contribution in [0.15, 0.2) is 11.6 Å². The number of aliphatic carboxylic acids is 2.